The number of ether oxygens (including phenoxy) is 8. The van der Waals surface area contributed by atoms with Gasteiger partial charge in [-0.25, -0.2) is 4.79 Å². The Balaban J connectivity index is 0.000000690. The molecule has 12 atom stereocenters. The van der Waals surface area contributed by atoms with E-state index in [1.807, 2.05) is 83.1 Å². The summed E-state index contributed by atoms with van der Waals surface area (Å²) in [5, 5.41) is 0. The van der Waals surface area contributed by atoms with Crippen molar-refractivity contribution < 1.29 is 76.3 Å². The second-order valence-corrected chi connectivity index (χ2v) is 36.6. The second-order valence-electron chi connectivity index (χ2n) is 36.6. The first-order chi connectivity index (χ1) is 46.1. The van der Waals surface area contributed by atoms with Crippen molar-refractivity contribution in [1.29, 1.82) is 0 Å². The third-order valence-electron chi connectivity index (χ3n) is 28.3. The van der Waals surface area contributed by atoms with Crippen LogP contribution >= 0.6 is 0 Å². The molecule has 16 nitrogen and oxygen atoms in total. The zero-order valence-corrected chi connectivity index (χ0v) is 63.8. The quantitative estimate of drug-likeness (QED) is 0.0729. The maximum Gasteiger partial charge on any atom is 0.344 e. The summed E-state index contributed by atoms with van der Waals surface area (Å²) in [4.78, 5) is 100. The molecule has 0 N–H and O–H groups in total. The topological polar surface area (TPSA) is 210 Å². The van der Waals surface area contributed by atoms with Gasteiger partial charge in [-0.05, 0) is 316 Å². The number of hydrogen-bond donors (Lipinski definition) is 0. The molecule has 620 valence electrons. The summed E-state index contributed by atoms with van der Waals surface area (Å²) >= 11 is 0. The number of esters is 8. The third kappa shape index (κ3) is 22.8. The number of fused-ring (bicyclic) bond motifs is 6. The SMILES string of the molecule is C.C.C.C.C.C.C.C.CCC(C)(C)C(=O)OC1CC2CC(C(=O)OC3(C)CCCC3)C1C2.CCC(C)(C)C(=O)OCC(=O)OC1(C)C2CC3CC(C2)CC1C3.CCC1(OC(=O)C2CC3CC(OC(=O)C(C)(C)CC)C2C3)CCCC1.CCC1(OC(=O)C2CC3CC(OC(=O)C(C)(C)CC)C2C3)CCCCC1. The lowest BCUT2D eigenvalue weighted by Gasteiger charge is -2.59. The molecule has 10 bridgehead atoms. The summed E-state index contributed by atoms with van der Waals surface area (Å²) in [6, 6.07) is 0. The Kier molecular flexibility index (Phi) is 37.9. The van der Waals surface area contributed by atoms with Crippen LogP contribution in [0.1, 0.15) is 382 Å². The lowest BCUT2D eigenvalue weighted by Crippen LogP contribution is -2.58. The molecule has 0 spiro atoms. The maximum absolute atomic E-state index is 13.0. The maximum atomic E-state index is 13.0. The van der Waals surface area contributed by atoms with Crippen LogP contribution in [0.25, 0.3) is 0 Å². The molecule has 0 aromatic heterocycles. The fourth-order valence-electron chi connectivity index (χ4n) is 19.8. The van der Waals surface area contributed by atoms with Crippen LogP contribution in [0.5, 0.6) is 0 Å². The molecule has 12 unspecified atom stereocenters. The number of carbonyl (C=O) groups excluding carboxylic acids is 8. The van der Waals surface area contributed by atoms with Gasteiger partial charge in [0.25, 0.3) is 0 Å². The minimum absolute atomic E-state index is 0. The molecule has 13 aliphatic rings. The highest BCUT2D eigenvalue weighted by atomic mass is 16.6. The van der Waals surface area contributed by atoms with Crippen molar-refractivity contribution in [2.45, 2.75) is 423 Å². The fourth-order valence-corrected chi connectivity index (χ4v) is 19.8. The Morgan fingerprint density at radius 3 is 0.915 bits per heavy atom. The zero-order chi connectivity index (χ0) is 71.6. The molecule has 0 aromatic carbocycles. The summed E-state index contributed by atoms with van der Waals surface area (Å²) in [5.74, 6) is 3.20. The van der Waals surface area contributed by atoms with Crippen LogP contribution in [-0.2, 0) is 76.3 Å². The van der Waals surface area contributed by atoms with Gasteiger partial charge in [0.15, 0.2) is 6.61 Å². The molecule has 0 aliphatic heterocycles. The lowest BCUT2D eigenvalue weighted by atomic mass is 9.50. The summed E-state index contributed by atoms with van der Waals surface area (Å²) in [7, 11) is 0. The highest BCUT2D eigenvalue weighted by Crippen LogP contribution is 2.60. The van der Waals surface area contributed by atoms with Crippen LogP contribution in [0.3, 0.4) is 0 Å². The molecule has 0 aromatic rings. The van der Waals surface area contributed by atoms with Crippen LogP contribution in [0.15, 0.2) is 0 Å². The van der Waals surface area contributed by atoms with Crippen molar-refractivity contribution in [3.8, 4) is 0 Å². The first-order valence-corrected chi connectivity index (χ1v) is 39.8. The molecular formula is C90H164O16. The molecule has 106 heavy (non-hydrogen) atoms. The highest BCUT2D eigenvalue weighted by Gasteiger charge is 2.59. The normalized spacial score (nSPS) is 32.1. The Hall–Kier alpha value is -4.24. The smallest absolute Gasteiger partial charge is 0.344 e. The largest absolute Gasteiger partial charge is 0.462 e. The van der Waals surface area contributed by atoms with Gasteiger partial charge in [0.1, 0.15) is 40.7 Å². The molecule has 0 heterocycles. The fraction of sp³-hybridized carbons (Fsp3) is 0.911. The predicted octanol–water partition coefficient (Wildman–Crippen LogP) is 22.8. The molecule has 0 radical (unpaired) electrons. The van der Waals surface area contributed by atoms with Crippen molar-refractivity contribution in [2.75, 3.05) is 6.61 Å². The standard InChI is InChI=1S/C22H36O4.C21H34O4.C20H32O4.C19H30O4.8CH4/c1-5-21(3,4)20(24)25-18-14-15-12-16(18)17(13-15)19(23)26-22(6-2)10-8-7-9-11-22;1-5-20(3,4)19(23)24-17-13-14-11-15(17)16(12-14)18(22)25-21(6-2)9-7-8-10-21;1-5-19(2,3)18(22)23-16-12-13-10-14(16)15(11-13)17(21)24-20(4)8-6-7-9-20;1-5-18(2,3)17(21)22-11-16(20)23-19(4)14-7-12-6-13(9-14)10-15(19)8-12;;;;;;;;/h15-18H,5-14H2,1-4H3;14-17H,5-13H2,1-4H3;13-16H,5-12H2,1-4H3;12-15H,5-11H2,1-4H3;8*1H4. The van der Waals surface area contributed by atoms with Crippen molar-refractivity contribution in [3.05, 3.63) is 0 Å². The summed E-state index contributed by atoms with van der Waals surface area (Å²) in [6.45, 7) is 31.4. The minimum atomic E-state index is -0.549. The average molecular weight is 1500 g/mol. The van der Waals surface area contributed by atoms with Gasteiger partial charge in [-0.15, -0.1) is 0 Å². The second kappa shape index (κ2) is 40.3. The molecule has 13 rings (SSSR count). The first-order valence-electron chi connectivity index (χ1n) is 39.8. The summed E-state index contributed by atoms with van der Waals surface area (Å²) < 4.78 is 46.7. The van der Waals surface area contributed by atoms with Crippen LogP contribution < -0.4 is 0 Å². The van der Waals surface area contributed by atoms with Crippen molar-refractivity contribution in [1.82, 2.24) is 0 Å². The van der Waals surface area contributed by atoms with E-state index in [1.165, 1.54) is 38.5 Å². The monoisotopic (exact) mass is 1500 g/mol. The Bertz CT molecular complexity index is 2770. The Labute approximate surface area is 648 Å². The minimum Gasteiger partial charge on any atom is -0.462 e. The molecule has 13 aliphatic carbocycles. The molecular weight excluding hydrogens is 1340 g/mol. The molecule has 0 amide bonds. The molecule has 16 heteroatoms. The van der Waals surface area contributed by atoms with Crippen LogP contribution in [-0.4, -0.2) is 95.1 Å². The number of carbonyl (C=O) groups is 8. The van der Waals surface area contributed by atoms with Crippen molar-refractivity contribution in [2.24, 2.45) is 98.6 Å². The molecule has 13 saturated carbocycles. The van der Waals surface area contributed by atoms with E-state index >= 15 is 0 Å². The van der Waals surface area contributed by atoms with Gasteiger partial charge in [-0.3, -0.25) is 33.6 Å². The van der Waals surface area contributed by atoms with Gasteiger partial charge >= 0.3 is 47.8 Å². The van der Waals surface area contributed by atoms with Crippen molar-refractivity contribution in [3.63, 3.8) is 0 Å². The highest BCUT2D eigenvalue weighted by molar-refractivity contribution is 5.81. The number of rotatable bonds is 22. The van der Waals surface area contributed by atoms with E-state index in [4.69, 9.17) is 37.9 Å². The van der Waals surface area contributed by atoms with Gasteiger partial charge in [-0.2, -0.15) is 0 Å². The zero-order valence-electron chi connectivity index (χ0n) is 63.8. The Morgan fingerprint density at radius 1 is 0.330 bits per heavy atom. The van der Waals surface area contributed by atoms with E-state index in [9.17, 15) is 38.4 Å². The number of hydrogen-bond acceptors (Lipinski definition) is 16. The molecule has 13 fully saturated rings. The average Bonchev–Trinajstić information content (AvgIpc) is 1.09. The van der Waals surface area contributed by atoms with E-state index in [-0.39, 0.29) is 190 Å². The molecule has 0 saturated heterocycles. The van der Waals surface area contributed by atoms with Gasteiger partial charge in [0, 0.05) is 17.8 Å². The Morgan fingerprint density at radius 2 is 0.613 bits per heavy atom. The van der Waals surface area contributed by atoms with E-state index in [1.54, 1.807) is 0 Å². The van der Waals surface area contributed by atoms with E-state index in [2.05, 4.69) is 27.7 Å². The summed E-state index contributed by atoms with van der Waals surface area (Å²) in [5.41, 5.74) is -2.99. The van der Waals surface area contributed by atoms with Gasteiger partial charge in [0.2, 0.25) is 0 Å². The van der Waals surface area contributed by atoms with Gasteiger partial charge < -0.3 is 37.9 Å². The van der Waals surface area contributed by atoms with E-state index < -0.39 is 21.7 Å². The van der Waals surface area contributed by atoms with E-state index in [0.717, 1.165) is 179 Å². The van der Waals surface area contributed by atoms with Crippen molar-refractivity contribution >= 4 is 47.8 Å². The van der Waals surface area contributed by atoms with Crippen LogP contribution in [0.2, 0.25) is 0 Å². The van der Waals surface area contributed by atoms with E-state index in [0.29, 0.717) is 36.0 Å². The van der Waals surface area contributed by atoms with Crippen LogP contribution in [0.4, 0.5) is 0 Å². The predicted molar refractivity (Wildman–Crippen MR) is 428 cm³/mol. The van der Waals surface area contributed by atoms with Gasteiger partial charge in [-0.1, -0.05) is 107 Å². The van der Waals surface area contributed by atoms with Crippen LogP contribution in [0, 0.1) is 98.6 Å². The summed E-state index contributed by atoms with van der Waals surface area (Å²) in [6.07, 6.45) is 33.2. The first kappa shape index (κ1) is 99.8. The lowest BCUT2D eigenvalue weighted by molar-refractivity contribution is -0.208. The van der Waals surface area contributed by atoms with Gasteiger partial charge in [0.05, 0.1) is 39.4 Å². The third-order valence-corrected chi connectivity index (χ3v) is 28.3.